The van der Waals surface area contributed by atoms with E-state index in [0.717, 1.165) is 45.7 Å². The molecule has 0 fully saturated rings. The molecule has 0 aliphatic rings. The van der Waals surface area contributed by atoms with Crippen LogP contribution in [0.1, 0.15) is 38.2 Å². The normalized spacial score (nSPS) is 11.5. The van der Waals surface area contributed by atoms with Crippen molar-refractivity contribution in [2.75, 3.05) is 32.7 Å². The van der Waals surface area contributed by atoms with Gasteiger partial charge in [0.1, 0.15) is 0 Å². The molecule has 0 saturated heterocycles. The Morgan fingerprint density at radius 2 is 1.14 bits per heavy atom. The van der Waals surface area contributed by atoms with Crippen LogP contribution in [0.15, 0.2) is 54.6 Å². The highest BCUT2D eigenvalue weighted by Gasteiger charge is 2.06. The molecule has 0 bridgehead atoms. The molecule has 0 aliphatic heterocycles. The minimum absolute atomic E-state index is 0.922. The van der Waals surface area contributed by atoms with Gasteiger partial charge in [0.05, 0.1) is 0 Å². The molecule has 0 saturated carbocycles. The van der Waals surface area contributed by atoms with E-state index in [1.807, 2.05) is 0 Å². The molecule has 0 amide bonds. The molecule has 0 radical (unpaired) electrons. The lowest BCUT2D eigenvalue weighted by molar-refractivity contribution is 0.558. The van der Waals surface area contributed by atoms with Crippen LogP contribution in [0, 0.1) is 0 Å². The Balaban J connectivity index is 1.41. The molecule has 28 heavy (non-hydrogen) atoms. The standard InChI is InChI=1S/C25H35N3/c1-2-14-26-15-7-8-16-27-17-9-18-28-20-25-23-12-5-3-10-21(23)19-22-11-4-6-13-24(22)25/h3-6,10-13,19,26-28H,2,7-9,14-18,20H2,1H3. The van der Waals surface area contributed by atoms with Gasteiger partial charge in [0.2, 0.25) is 0 Å². The average Bonchev–Trinajstić information content (AvgIpc) is 2.73. The predicted octanol–water partition coefficient (Wildman–Crippen LogP) is 4.84. The zero-order valence-electron chi connectivity index (χ0n) is 17.3. The lowest BCUT2D eigenvalue weighted by Crippen LogP contribution is -2.23. The molecule has 3 aromatic rings. The van der Waals surface area contributed by atoms with Crippen LogP contribution in [0.2, 0.25) is 0 Å². The first kappa shape index (κ1) is 20.8. The largest absolute Gasteiger partial charge is 0.317 e. The lowest BCUT2D eigenvalue weighted by atomic mass is 9.97. The molecule has 150 valence electrons. The Bertz CT molecular complexity index is 789. The van der Waals surface area contributed by atoms with Crippen LogP contribution in [-0.4, -0.2) is 32.7 Å². The summed E-state index contributed by atoms with van der Waals surface area (Å²) in [7, 11) is 0. The van der Waals surface area contributed by atoms with Gasteiger partial charge in [-0.2, -0.15) is 0 Å². The van der Waals surface area contributed by atoms with Crippen LogP contribution < -0.4 is 16.0 Å². The van der Waals surface area contributed by atoms with Crippen molar-refractivity contribution < 1.29 is 0 Å². The number of nitrogens with one attached hydrogen (secondary N) is 3. The van der Waals surface area contributed by atoms with Gasteiger partial charge in [-0.05, 0) is 91.6 Å². The fourth-order valence-corrected chi connectivity index (χ4v) is 3.78. The van der Waals surface area contributed by atoms with E-state index >= 15 is 0 Å². The van der Waals surface area contributed by atoms with Gasteiger partial charge < -0.3 is 16.0 Å². The highest BCUT2D eigenvalue weighted by atomic mass is 14.9. The molecule has 3 heteroatoms. The Morgan fingerprint density at radius 3 is 1.79 bits per heavy atom. The first-order valence-corrected chi connectivity index (χ1v) is 10.9. The quantitative estimate of drug-likeness (QED) is 0.295. The number of unbranched alkanes of at least 4 members (excludes halogenated alkanes) is 1. The molecular formula is C25H35N3. The maximum atomic E-state index is 3.66. The van der Waals surface area contributed by atoms with E-state index in [4.69, 9.17) is 0 Å². The monoisotopic (exact) mass is 377 g/mol. The lowest BCUT2D eigenvalue weighted by Gasteiger charge is -2.13. The third-order valence-corrected chi connectivity index (χ3v) is 5.28. The zero-order chi connectivity index (χ0) is 19.4. The fraction of sp³-hybridized carbons (Fsp3) is 0.440. The molecule has 3 aromatic carbocycles. The molecule has 0 aliphatic carbocycles. The van der Waals surface area contributed by atoms with Gasteiger partial charge in [0.25, 0.3) is 0 Å². The minimum Gasteiger partial charge on any atom is -0.317 e. The van der Waals surface area contributed by atoms with Crippen molar-refractivity contribution in [3.8, 4) is 0 Å². The summed E-state index contributed by atoms with van der Waals surface area (Å²) in [4.78, 5) is 0. The first-order chi connectivity index (χ1) is 13.9. The SMILES string of the molecule is CCCNCCCCNCCCNCc1c2ccccc2cc2ccccc12. The third kappa shape index (κ3) is 6.03. The molecule has 0 aromatic heterocycles. The maximum Gasteiger partial charge on any atom is 0.0217 e. The van der Waals surface area contributed by atoms with Crippen LogP contribution in [0.4, 0.5) is 0 Å². The van der Waals surface area contributed by atoms with Crippen molar-refractivity contribution in [1.29, 1.82) is 0 Å². The highest BCUT2D eigenvalue weighted by Crippen LogP contribution is 2.28. The van der Waals surface area contributed by atoms with E-state index in [-0.39, 0.29) is 0 Å². The summed E-state index contributed by atoms with van der Waals surface area (Å²) in [5, 5.41) is 16.1. The topological polar surface area (TPSA) is 36.1 Å². The molecule has 0 spiro atoms. The van der Waals surface area contributed by atoms with Crippen molar-refractivity contribution in [2.45, 2.75) is 39.2 Å². The van der Waals surface area contributed by atoms with Gasteiger partial charge >= 0.3 is 0 Å². The molecule has 3 N–H and O–H groups in total. The number of benzene rings is 3. The summed E-state index contributed by atoms with van der Waals surface area (Å²) in [6.45, 7) is 8.69. The van der Waals surface area contributed by atoms with Crippen LogP contribution >= 0.6 is 0 Å². The Labute approximate surface area is 169 Å². The summed E-state index contributed by atoms with van der Waals surface area (Å²) in [6.07, 6.45) is 4.90. The number of fused-ring (bicyclic) bond motifs is 2. The molecule has 0 heterocycles. The van der Waals surface area contributed by atoms with E-state index in [1.165, 1.54) is 46.4 Å². The van der Waals surface area contributed by atoms with Crippen molar-refractivity contribution >= 4 is 21.5 Å². The Hall–Kier alpha value is -1.94. The van der Waals surface area contributed by atoms with E-state index in [0.29, 0.717) is 0 Å². The zero-order valence-corrected chi connectivity index (χ0v) is 17.3. The predicted molar refractivity (Wildman–Crippen MR) is 123 cm³/mol. The highest BCUT2D eigenvalue weighted by molar-refractivity contribution is 6.02. The fourth-order valence-electron chi connectivity index (χ4n) is 3.78. The summed E-state index contributed by atoms with van der Waals surface area (Å²) < 4.78 is 0. The summed E-state index contributed by atoms with van der Waals surface area (Å²) in [5.41, 5.74) is 1.42. The molecule has 3 rings (SSSR count). The van der Waals surface area contributed by atoms with Gasteiger partial charge in [-0.25, -0.2) is 0 Å². The molecule has 0 atom stereocenters. The van der Waals surface area contributed by atoms with E-state index in [2.05, 4.69) is 77.5 Å². The number of rotatable bonds is 13. The van der Waals surface area contributed by atoms with Gasteiger partial charge in [-0.3, -0.25) is 0 Å². The third-order valence-electron chi connectivity index (χ3n) is 5.28. The van der Waals surface area contributed by atoms with Gasteiger partial charge in [0, 0.05) is 6.54 Å². The minimum atomic E-state index is 0.922. The van der Waals surface area contributed by atoms with Gasteiger partial charge in [-0.1, -0.05) is 55.5 Å². The van der Waals surface area contributed by atoms with Crippen LogP contribution in [0.25, 0.3) is 21.5 Å². The van der Waals surface area contributed by atoms with Crippen molar-refractivity contribution in [2.24, 2.45) is 0 Å². The second-order valence-corrected chi connectivity index (χ2v) is 7.53. The van der Waals surface area contributed by atoms with Gasteiger partial charge in [-0.15, -0.1) is 0 Å². The van der Waals surface area contributed by atoms with Crippen LogP contribution in [-0.2, 0) is 6.54 Å². The van der Waals surface area contributed by atoms with Crippen molar-refractivity contribution in [3.63, 3.8) is 0 Å². The van der Waals surface area contributed by atoms with E-state index in [9.17, 15) is 0 Å². The van der Waals surface area contributed by atoms with Crippen molar-refractivity contribution in [1.82, 2.24) is 16.0 Å². The second kappa shape index (κ2) is 11.8. The van der Waals surface area contributed by atoms with E-state index in [1.54, 1.807) is 0 Å². The summed E-state index contributed by atoms with van der Waals surface area (Å²) >= 11 is 0. The van der Waals surface area contributed by atoms with Gasteiger partial charge in [0.15, 0.2) is 0 Å². The molecule has 3 nitrogen and oxygen atoms in total. The summed E-state index contributed by atoms with van der Waals surface area (Å²) in [6, 6.07) is 19.8. The van der Waals surface area contributed by atoms with Crippen LogP contribution in [0.5, 0.6) is 0 Å². The van der Waals surface area contributed by atoms with Crippen molar-refractivity contribution in [3.05, 3.63) is 60.2 Å². The second-order valence-electron chi connectivity index (χ2n) is 7.53. The van der Waals surface area contributed by atoms with E-state index < -0.39 is 0 Å². The number of hydrogen-bond donors (Lipinski definition) is 3. The van der Waals surface area contributed by atoms with Crippen LogP contribution in [0.3, 0.4) is 0 Å². The smallest absolute Gasteiger partial charge is 0.0217 e. The summed E-state index contributed by atoms with van der Waals surface area (Å²) in [5.74, 6) is 0. The average molecular weight is 378 g/mol. The Morgan fingerprint density at radius 1 is 0.607 bits per heavy atom. The number of hydrogen-bond acceptors (Lipinski definition) is 3. The first-order valence-electron chi connectivity index (χ1n) is 10.9. The molecular weight excluding hydrogens is 342 g/mol. The maximum absolute atomic E-state index is 3.66. The Kier molecular flexibility index (Phi) is 8.76. The molecule has 0 unspecified atom stereocenters.